The van der Waals surface area contributed by atoms with Crippen LogP contribution in [0.4, 0.5) is 4.79 Å². The molecule has 1 rings (SSSR count). The third kappa shape index (κ3) is 11.6. The van der Waals surface area contributed by atoms with Crippen LogP contribution in [0.2, 0.25) is 0 Å². The third-order valence-corrected chi connectivity index (χ3v) is 4.54. The molecule has 2 N–H and O–H groups in total. The van der Waals surface area contributed by atoms with Crippen LogP contribution < -0.4 is 10.6 Å². The molecule has 1 unspecified atom stereocenters. The van der Waals surface area contributed by atoms with Crippen LogP contribution in [0.5, 0.6) is 0 Å². The Balaban J connectivity index is 0.00000841. The predicted octanol–water partition coefficient (Wildman–Crippen LogP) is 3.42. The Kier molecular flexibility index (Phi) is 13.0. The van der Waals surface area contributed by atoms with Crippen molar-refractivity contribution in [3.8, 4) is 0 Å². The van der Waals surface area contributed by atoms with Gasteiger partial charge in [0.05, 0.1) is 6.20 Å². The Morgan fingerprint density at radius 2 is 2.03 bits per heavy atom. The number of nitrogens with one attached hydrogen (secondary N) is 2. The number of alkyl carbamates (subject to hydrolysis) is 1. The fourth-order valence-electron chi connectivity index (χ4n) is 2.95. The summed E-state index contributed by atoms with van der Waals surface area (Å²) in [6, 6.07) is 0.0380. The highest BCUT2D eigenvalue weighted by atomic mass is 127. The van der Waals surface area contributed by atoms with E-state index in [-0.39, 0.29) is 36.1 Å². The number of carbonyl (C=O) groups is 1. The number of rotatable bonds is 9. The molecule has 174 valence electrons. The van der Waals surface area contributed by atoms with Crippen LogP contribution in [-0.4, -0.2) is 65.6 Å². The van der Waals surface area contributed by atoms with Crippen LogP contribution >= 0.6 is 24.0 Å². The van der Waals surface area contributed by atoms with E-state index in [2.05, 4.69) is 39.5 Å². The molecule has 0 bridgehead atoms. The fraction of sp³-hybridized carbons (Fsp3) is 0.762. The van der Waals surface area contributed by atoms with Gasteiger partial charge in [-0.05, 0) is 51.5 Å². The van der Waals surface area contributed by atoms with Gasteiger partial charge in [-0.3, -0.25) is 9.67 Å². The monoisotopic (exact) mass is 536 g/mol. The molecule has 0 saturated heterocycles. The summed E-state index contributed by atoms with van der Waals surface area (Å²) >= 11 is 0. The van der Waals surface area contributed by atoms with Gasteiger partial charge in [-0.25, -0.2) is 4.79 Å². The van der Waals surface area contributed by atoms with Gasteiger partial charge in [0, 0.05) is 46.5 Å². The number of carbonyl (C=O) groups excluding carboxylic acids is 1. The van der Waals surface area contributed by atoms with Crippen LogP contribution in [0.15, 0.2) is 17.4 Å². The zero-order chi connectivity index (χ0) is 22.0. The van der Waals surface area contributed by atoms with Gasteiger partial charge < -0.3 is 20.3 Å². The number of aryl methyl sites for hydroxylation is 2. The van der Waals surface area contributed by atoms with E-state index < -0.39 is 5.60 Å². The highest BCUT2D eigenvalue weighted by molar-refractivity contribution is 14.0. The number of amides is 1. The lowest BCUT2D eigenvalue weighted by molar-refractivity contribution is 0.0486. The largest absolute Gasteiger partial charge is 0.444 e. The maximum atomic E-state index is 12.1. The summed E-state index contributed by atoms with van der Waals surface area (Å²) < 4.78 is 7.22. The maximum Gasteiger partial charge on any atom is 0.407 e. The molecular formula is C21H41IN6O2. The summed E-state index contributed by atoms with van der Waals surface area (Å²) in [6.07, 6.45) is 6.39. The molecule has 0 aromatic carbocycles. The number of nitrogens with zero attached hydrogens (tertiary/aromatic N) is 4. The Labute approximate surface area is 199 Å². The SMILES string of the molecule is CN=C(NCCCc1cnn(C)c1)N(C)CCC(NC(=O)OC(C)(C)C)C(C)C.I. The first kappa shape index (κ1) is 28.5. The average Bonchev–Trinajstić information content (AvgIpc) is 3.01. The summed E-state index contributed by atoms with van der Waals surface area (Å²) in [5.74, 6) is 1.17. The number of guanidine groups is 1. The molecule has 0 radical (unpaired) electrons. The lowest BCUT2D eigenvalue weighted by Crippen LogP contribution is -2.45. The van der Waals surface area contributed by atoms with Gasteiger partial charge in [0.1, 0.15) is 5.60 Å². The van der Waals surface area contributed by atoms with E-state index >= 15 is 0 Å². The molecule has 1 aromatic heterocycles. The molecule has 1 atom stereocenters. The van der Waals surface area contributed by atoms with E-state index in [0.29, 0.717) is 5.92 Å². The van der Waals surface area contributed by atoms with Crippen LogP contribution in [0.25, 0.3) is 0 Å². The number of hydrogen-bond donors (Lipinski definition) is 2. The van der Waals surface area contributed by atoms with Crippen molar-refractivity contribution < 1.29 is 9.53 Å². The van der Waals surface area contributed by atoms with Crippen LogP contribution in [0.3, 0.4) is 0 Å². The van der Waals surface area contributed by atoms with Crippen LogP contribution in [0, 0.1) is 5.92 Å². The summed E-state index contributed by atoms with van der Waals surface area (Å²) in [4.78, 5) is 18.6. The van der Waals surface area contributed by atoms with Crippen molar-refractivity contribution in [1.29, 1.82) is 0 Å². The second-order valence-electron chi connectivity index (χ2n) is 8.81. The van der Waals surface area contributed by atoms with Crippen molar-refractivity contribution in [2.24, 2.45) is 18.0 Å². The molecule has 0 spiro atoms. The number of aliphatic imine (C=N–C) groups is 1. The van der Waals surface area contributed by atoms with Crippen LogP contribution in [0.1, 0.15) is 53.0 Å². The Hall–Kier alpha value is -1.52. The van der Waals surface area contributed by atoms with E-state index in [0.717, 1.165) is 38.3 Å². The first-order valence-corrected chi connectivity index (χ1v) is 10.4. The number of halogens is 1. The summed E-state index contributed by atoms with van der Waals surface area (Å²) in [5, 5.41) is 10.6. The van der Waals surface area contributed by atoms with Gasteiger partial charge in [-0.15, -0.1) is 24.0 Å². The Morgan fingerprint density at radius 3 is 2.53 bits per heavy atom. The Bertz CT molecular complexity index is 654. The highest BCUT2D eigenvalue weighted by Crippen LogP contribution is 2.11. The minimum atomic E-state index is -0.496. The van der Waals surface area contributed by atoms with E-state index in [9.17, 15) is 4.79 Å². The fourth-order valence-corrected chi connectivity index (χ4v) is 2.95. The topological polar surface area (TPSA) is 83.8 Å². The second-order valence-corrected chi connectivity index (χ2v) is 8.81. The highest BCUT2D eigenvalue weighted by Gasteiger charge is 2.22. The van der Waals surface area contributed by atoms with Crippen molar-refractivity contribution in [2.75, 3.05) is 27.2 Å². The number of aromatic nitrogens is 2. The molecule has 0 fully saturated rings. The number of hydrogen-bond acceptors (Lipinski definition) is 4. The number of ether oxygens (including phenoxy) is 1. The quantitative estimate of drug-likeness (QED) is 0.219. The summed E-state index contributed by atoms with van der Waals surface area (Å²) in [7, 11) is 5.74. The lowest BCUT2D eigenvalue weighted by atomic mass is 10.0. The third-order valence-electron chi connectivity index (χ3n) is 4.54. The Morgan fingerprint density at radius 1 is 1.37 bits per heavy atom. The maximum absolute atomic E-state index is 12.1. The van der Waals surface area contributed by atoms with Gasteiger partial charge in [0.2, 0.25) is 0 Å². The molecule has 1 heterocycles. The first-order valence-electron chi connectivity index (χ1n) is 10.4. The van der Waals surface area contributed by atoms with Gasteiger partial charge in [-0.2, -0.15) is 5.10 Å². The molecule has 0 aliphatic carbocycles. The normalized spacial score (nSPS) is 12.9. The van der Waals surface area contributed by atoms with Gasteiger partial charge >= 0.3 is 6.09 Å². The molecule has 0 saturated carbocycles. The minimum absolute atomic E-state index is 0. The standard InChI is InChI=1S/C21H40N6O2.HI/c1-16(2)18(25-20(28)29-21(3,4)5)11-13-26(7)19(22-6)23-12-9-10-17-14-24-27(8)15-17;/h14-16,18H,9-13H2,1-8H3,(H,22,23)(H,25,28);1H. The van der Waals surface area contributed by atoms with Gasteiger partial charge in [-0.1, -0.05) is 13.8 Å². The van der Waals surface area contributed by atoms with E-state index in [1.54, 1.807) is 7.05 Å². The molecule has 30 heavy (non-hydrogen) atoms. The summed E-state index contributed by atoms with van der Waals surface area (Å²) in [6.45, 7) is 11.4. The van der Waals surface area contributed by atoms with E-state index in [4.69, 9.17) is 4.74 Å². The van der Waals surface area contributed by atoms with Crippen molar-refractivity contribution in [3.05, 3.63) is 18.0 Å². The van der Waals surface area contributed by atoms with Crippen molar-refractivity contribution in [3.63, 3.8) is 0 Å². The molecule has 0 aliphatic rings. The zero-order valence-corrected chi connectivity index (χ0v) is 22.2. The zero-order valence-electron chi connectivity index (χ0n) is 19.9. The molecular weight excluding hydrogens is 495 g/mol. The lowest BCUT2D eigenvalue weighted by Gasteiger charge is -2.28. The van der Waals surface area contributed by atoms with Crippen LogP contribution in [-0.2, 0) is 18.2 Å². The van der Waals surface area contributed by atoms with E-state index in [1.165, 1.54) is 5.56 Å². The molecule has 1 amide bonds. The average molecular weight is 537 g/mol. The van der Waals surface area contributed by atoms with Gasteiger partial charge in [0.25, 0.3) is 0 Å². The molecule has 1 aromatic rings. The van der Waals surface area contributed by atoms with E-state index in [1.807, 2.05) is 51.9 Å². The molecule has 9 heteroatoms. The van der Waals surface area contributed by atoms with Crippen molar-refractivity contribution in [1.82, 2.24) is 25.3 Å². The van der Waals surface area contributed by atoms with Crippen molar-refractivity contribution in [2.45, 2.75) is 65.5 Å². The van der Waals surface area contributed by atoms with Crippen molar-refractivity contribution >= 4 is 36.0 Å². The molecule has 8 nitrogen and oxygen atoms in total. The smallest absolute Gasteiger partial charge is 0.407 e. The van der Waals surface area contributed by atoms with Gasteiger partial charge in [0.15, 0.2) is 5.96 Å². The summed E-state index contributed by atoms with van der Waals surface area (Å²) in [5.41, 5.74) is 0.745. The molecule has 0 aliphatic heterocycles. The first-order chi connectivity index (χ1) is 13.5. The minimum Gasteiger partial charge on any atom is -0.444 e. The predicted molar refractivity (Wildman–Crippen MR) is 134 cm³/mol. The second kappa shape index (κ2) is 13.7.